The second-order valence-corrected chi connectivity index (χ2v) is 9.10. The zero-order chi connectivity index (χ0) is 19.7. The number of unbranched alkanes of at least 4 members (excludes halogenated alkanes) is 12. The van der Waals surface area contributed by atoms with Crippen LogP contribution in [-0.4, -0.2) is 12.1 Å². The molecule has 2 nitrogen and oxygen atoms in total. The summed E-state index contributed by atoms with van der Waals surface area (Å²) < 4.78 is 5.86. The minimum Gasteiger partial charge on any atom is -0.462 e. The molecule has 0 aliphatic carbocycles. The third-order valence-corrected chi connectivity index (χ3v) is 5.15. The summed E-state index contributed by atoms with van der Waals surface area (Å²) in [6, 6.07) is 0. The number of esters is 1. The molecule has 0 N–H and O–H groups in total. The Labute approximate surface area is 164 Å². The minimum absolute atomic E-state index is 0.0342. The molecule has 0 rings (SSSR count). The van der Waals surface area contributed by atoms with Gasteiger partial charge in [-0.25, -0.2) is 0 Å². The van der Waals surface area contributed by atoms with E-state index in [1.807, 2.05) is 20.8 Å². The summed E-state index contributed by atoms with van der Waals surface area (Å²) >= 11 is 0. The van der Waals surface area contributed by atoms with Gasteiger partial charge in [-0.3, -0.25) is 4.79 Å². The highest BCUT2D eigenvalue weighted by molar-refractivity contribution is 5.75. The van der Waals surface area contributed by atoms with Crippen LogP contribution in [0.5, 0.6) is 0 Å². The van der Waals surface area contributed by atoms with Gasteiger partial charge in [-0.05, 0) is 46.5 Å². The highest BCUT2D eigenvalue weighted by Gasteiger charge is 2.26. The van der Waals surface area contributed by atoms with Crippen LogP contribution in [0.25, 0.3) is 0 Å². The zero-order valence-corrected chi connectivity index (χ0v) is 18.7. The Kier molecular flexibility index (Phi) is 16.3. The first-order valence-electron chi connectivity index (χ1n) is 11.6. The maximum Gasteiger partial charge on any atom is 0.311 e. The van der Waals surface area contributed by atoms with Gasteiger partial charge in [-0.15, -0.1) is 0 Å². The van der Waals surface area contributed by atoms with Crippen LogP contribution in [0.2, 0.25) is 0 Å². The number of carbonyl (C=O) groups is 1. The molecule has 1 atom stereocenters. The van der Waals surface area contributed by atoms with E-state index in [0.717, 1.165) is 12.8 Å². The van der Waals surface area contributed by atoms with E-state index in [1.165, 1.54) is 89.9 Å². The normalized spacial score (nSPS) is 13.0. The van der Waals surface area contributed by atoms with E-state index in [4.69, 9.17) is 4.74 Å². The molecular formula is C24H48O2. The number of hydrogen-bond donors (Lipinski definition) is 0. The van der Waals surface area contributed by atoms with Crippen LogP contribution in [0.4, 0.5) is 0 Å². The van der Waals surface area contributed by atoms with Gasteiger partial charge in [0.25, 0.3) is 0 Å². The molecule has 0 saturated heterocycles. The maximum absolute atomic E-state index is 12.3. The van der Waals surface area contributed by atoms with Gasteiger partial charge in [0.1, 0.15) is 6.10 Å². The molecule has 0 saturated carbocycles. The molecule has 156 valence electrons. The molecule has 0 radical (unpaired) electrons. The molecular weight excluding hydrogens is 320 g/mol. The Hall–Kier alpha value is -0.530. The summed E-state index contributed by atoms with van der Waals surface area (Å²) in [6.07, 6.45) is 20.7. The molecule has 0 bridgehead atoms. The van der Waals surface area contributed by atoms with E-state index in [9.17, 15) is 4.79 Å². The summed E-state index contributed by atoms with van der Waals surface area (Å²) in [5.74, 6) is -0.0342. The predicted molar refractivity (Wildman–Crippen MR) is 115 cm³/mol. The SMILES string of the molecule is CCCCCCCCCCC(CCCCCCCC)OC(=O)C(C)(C)C. The van der Waals surface area contributed by atoms with Gasteiger partial charge in [-0.1, -0.05) is 90.9 Å². The molecule has 0 aliphatic heterocycles. The van der Waals surface area contributed by atoms with Crippen molar-refractivity contribution in [2.75, 3.05) is 0 Å². The van der Waals surface area contributed by atoms with Gasteiger partial charge >= 0.3 is 5.97 Å². The smallest absolute Gasteiger partial charge is 0.311 e. The summed E-state index contributed by atoms with van der Waals surface area (Å²) in [5.41, 5.74) is -0.390. The molecule has 0 aliphatic rings. The lowest BCUT2D eigenvalue weighted by Gasteiger charge is -2.23. The lowest BCUT2D eigenvalue weighted by Crippen LogP contribution is -2.28. The van der Waals surface area contributed by atoms with E-state index in [1.54, 1.807) is 0 Å². The summed E-state index contributed by atoms with van der Waals surface area (Å²) in [4.78, 5) is 12.3. The van der Waals surface area contributed by atoms with Crippen molar-refractivity contribution in [1.29, 1.82) is 0 Å². The van der Waals surface area contributed by atoms with Crippen LogP contribution < -0.4 is 0 Å². The van der Waals surface area contributed by atoms with Crippen LogP contribution in [0.3, 0.4) is 0 Å². The molecule has 0 spiro atoms. The fraction of sp³-hybridized carbons (Fsp3) is 0.958. The van der Waals surface area contributed by atoms with Crippen LogP contribution >= 0.6 is 0 Å². The highest BCUT2D eigenvalue weighted by atomic mass is 16.5. The van der Waals surface area contributed by atoms with Crippen molar-refractivity contribution in [3.8, 4) is 0 Å². The van der Waals surface area contributed by atoms with Gasteiger partial charge in [0, 0.05) is 0 Å². The van der Waals surface area contributed by atoms with Crippen LogP contribution in [0.1, 0.15) is 137 Å². The summed E-state index contributed by atoms with van der Waals surface area (Å²) in [7, 11) is 0. The summed E-state index contributed by atoms with van der Waals surface area (Å²) in [5, 5.41) is 0. The van der Waals surface area contributed by atoms with Crippen molar-refractivity contribution >= 4 is 5.97 Å². The highest BCUT2D eigenvalue weighted by Crippen LogP contribution is 2.22. The fourth-order valence-electron chi connectivity index (χ4n) is 3.25. The molecule has 0 aromatic heterocycles. The zero-order valence-electron chi connectivity index (χ0n) is 18.7. The van der Waals surface area contributed by atoms with Gasteiger partial charge in [0.15, 0.2) is 0 Å². The molecule has 0 aromatic carbocycles. The van der Waals surface area contributed by atoms with E-state index in [0.29, 0.717) is 0 Å². The third kappa shape index (κ3) is 15.7. The van der Waals surface area contributed by atoms with Gasteiger partial charge in [0.05, 0.1) is 5.41 Å². The molecule has 0 amide bonds. The van der Waals surface area contributed by atoms with E-state index < -0.39 is 5.41 Å². The lowest BCUT2D eigenvalue weighted by atomic mass is 9.96. The Morgan fingerprint density at radius 2 is 1.00 bits per heavy atom. The number of carbonyl (C=O) groups excluding carboxylic acids is 1. The average molecular weight is 369 g/mol. The molecule has 0 aromatic rings. The van der Waals surface area contributed by atoms with Gasteiger partial charge in [0.2, 0.25) is 0 Å². The lowest BCUT2D eigenvalue weighted by molar-refractivity contribution is -0.159. The molecule has 2 heteroatoms. The van der Waals surface area contributed by atoms with Crippen LogP contribution in [0.15, 0.2) is 0 Å². The monoisotopic (exact) mass is 368 g/mol. The Morgan fingerprint density at radius 1 is 0.654 bits per heavy atom. The molecule has 1 unspecified atom stereocenters. The topological polar surface area (TPSA) is 26.3 Å². The average Bonchev–Trinajstić information content (AvgIpc) is 2.59. The first kappa shape index (κ1) is 25.5. The largest absolute Gasteiger partial charge is 0.462 e. The molecule has 0 fully saturated rings. The molecule has 0 heterocycles. The molecule has 26 heavy (non-hydrogen) atoms. The van der Waals surface area contributed by atoms with Crippen molar-refractivity contribution < 1.29 is 9.53 Å². The van der Waals surface area contributed by atoms with Crippen molar-refractivity contribution in [2.24, 2.45) is 5.41 Å². The Morgan fingerprint density at radius 3 is 1.35 bits per heavy atom. The quantitative estimate of drug-likeness (QED) is 0.191. The minimum atomic E-state index is -0.390. The second-order valence-electron chi connectivity index (χ2n) is 9.10. The van der Waals surface area contributed by atoms with E-state index in [-0.39, 0.29) is 12.1 Å². The van der Waals surface area contributed by atoms with E-state index in [2.05, 4.69) is 13.8 Å². The number of ether oxygens (including phenoxy) is 1. The first-order chi connectivity index (χ1) is 12.4. The standard InChI is InChI=1S/C24H48O2/c1-6-8-10-12-14-15-17-19-21-22(26-23(25)24(3,4)5)20-18-16-13-11-9-7-2/h22H,6-21H2,1-5H3. The fourth-order valence-corrected chi connectivity index (χ4v) is 3.25. The summed E-state index contributed by atoms with van der Waals surface area (Å²) in [6.45, 7) is 10.4. The van der Waals surface area contributed by atoms with Crippen molar-refractivity contribution in [2.45, 2.75) is 143 Å². The second kappa shape index (κ2) is 16.6. The van der Waals surface area contributed by atoms with Crippen molar-refractivity contribution in [3.63, 3.8) is 0 Å². The first-order valence-corrected chi connectivity index (χ1v) is 11.6. The maximum atomic E-state index is 12.3. The van der Waals surface area contributed by atoms with Crippen LogP contribution in [-0.2, 0) is 9.53 Å². The Balaban J connectivity index is 4.02. The number of hydrogen-bond acceptors (Lipinski definition) is 2. The van der Waals surface area contributed by atoms with E-state index >= 15 is 0 Å². The predicted octanol–water partition coefficient (Wildman–Crippen LogP) is 8.23. The van der Waals surface area contributed by atoms with Crippen LogP contribution in [0, 0.1) is 5.41 Å². The van der Waals surface area contributed by atoms with Gasteiger partial charge in [-0.2, -0.15) is 0 Å². The van der Waals surface area contributed by atoms with Crippen molar-refractivity contribution in [3.05, 3.63) is 0 Å². The number of rotatable bonds is 17. The Bertz CT molecular complexity index is 317. The van der Waals surface area contributed by atoms with Crippen molar-refractivity contribution in [1.82, 2.24) is 0 Å². The van der Waals surface area contributed by atoms with Gasteiger partial charge < -0.3 is 4.74 Å². The third-order valence-electron chi connectivity index (χ3n) is 5.15.